The van der Waals surface area contributed by atoms with Gasteiger partial charge in [-0.3, -0.25) is 18.9 Å². The summed E-state index contributed by atoms with van der Waals surface area (Å²) in [4.78, 5) is 24.7. The lowest BCUT2D eigenvalue weighted by Crippen LogP contribution is -2.19. The lowest BCUT2D eigenvalue weighted by atomic mass is 10.7. The van der Waals surface area contributed by atoms with Crippen molar-refractivity contribution in [1.29, 1.82) is 0 Å². The van der Waals surface area contributed by atoms with Gasteiger partial charge in [-0.1, -0.05) is 0 Å². The minimum absolute atomic E-state index is 0.381. The molecule has 0 aliphatic rings. The fraction of sp³-hybridized carbons (Fsp3) is 0. The van der Waals surface area contributed by atoms with Crippen molar-refractivity contribution in [1.82, 2.24) is 9.97 Å². The first-order valence-corrected chi connectivity index (χ1v) is 3.66. The van der Waals surface area contributed by atoms with Gasteiger partial charge in [0.25, 0.3) is 16.9 Å². The van der Waals surface area contributed by atoms with Gasteiger partial charge in [-0.25, -0.2) is 4.79 Å². The zero-order chi connectivity index (χ0) is 9.56. The van der Waals surface area contributed by atoms with Gasteiger partial charge in [0.15, 0.2) is 0 Å². The van der Waals surface area contributed by atoms with E-state index >= 15 is 0 Å². The third-order valence-electron chi connectivity index (χ3n) is 0.686. The minimum Gasteiger partial charge on any atom is -0.314 e. The van der Waals surface area contributed by atoms with Crippen LogP contribution in [0, 0.1) is 0 Å². The molecule has 4 N–H and O–H groups in total. The van der Waals surface area contributed by atoms with Gasteiger partial charge in [0.05, 0.1) is 0 Å². The lowest BCUT2D eigenvalue weighted by molar-refractivity contribution is 0.454. The van der Waals surface area contributed by atoms with Crippen molar-refractivity contribution in [2.75, 3.05) is 0 Å². The van der Waals surface area contributed by atoms with E-state index in [1.165, 1.54) is 12.3 Å². The van der Waals surface area contributed by atoms with Gasteiger partial charge in [-0.2, -0.15) is 4.21 Å². The van der Waals surface area contributed by atoms with E-state index in [0.29, 0.717) is 0 Å². The molecule has 1 rings (SSSR count). The molecule has 0 fully saturated rings. The Hall–Kier alpha value is -1.25. The Morgan fingerprint density at radius 3 is 2.08 bits per heavy atom. The minimum atomic E-state index is -2.61. The molecule has 1 heterocycles. The summed E-state index contributed by atoms with van der Waals surface area (Å²) in [6, 6.07) is 1.24. The Labute approximate surface area is 68.6 Å². The van der Waals surface area contributed by atoms with Crippen LogP contribution < -0.4 is 11.2 Å². The highest BCUT2D eigenvalue weighted by molar-refractivity contribution is 7.73. The molecular weight excluding hydrogens is 188 g/mol. The Morgan fingerprint density at radius 1 is 1.33 bits per heavy atom. The van der Waals surface area contributed by atoms with Crippen molar-refractivity contribution in [2.45, 2.75) is 0 Å². The van der Waals surface area contributed by atoms with Crippen LogP contribution in [0.2, 0.25) is 0 Å². The summed E-state index contributed by atoms with van der Waals surface area (Å²) in [5.41, 5.74) is -0.855. The van der Waals surface area contributed by atoms with E-state index in [2.05, 4.69) is 4.98 Å². The lowest BCUT2D eigenvalue weighted by Gasteiger charge is -1.75. The second-order valence-corrected chi connectivity index (χ2v) is 1.99. The van der Waals surface area contributed by atoms with Crippen LogP contribution >= 0.6 is 0 Å². The van der Waals surface area contributed by atoms with Crippen molar-refractivity contribution in [3.63, 3.8) is 0 Å². The van der Waals surface area contributed by atoms with Crippen molar-refractivity contribution in [3.8, 4) is 0 Å². The summed E-state index contributed by atoms with van der Waals surface area (Å²) in [6.45, 7) is 0. The van der Waals surface area contributed by atoms with Crippen LogP contribution in [-0.4, -0.2) is 23.3 Å². The highest BCUT2D eigenvalue weighted by atomic mass is 32.2. The van der Waals surface area contributed by atoms with E-state index in [4.69, 9.17) is 13.3 Å². The highest BCUT2D eigenvalue weighted by Gasteiger charge is 1.77. The third-order valence-corrected chi connectivity index (χ3v) is 0.686. The molecule has 0 spiro atoms. The molecule has 0 unspecified atom stereocenters. The fourth-order valence-electron chi connectivity index (χ4n) is 0.383. The van der Waals surface area contributed by atoms with Gasteiger partial charge in [0.1, 0.15) is 0 Å². The van der Waals surface area contributed by atoms with Gasteiger partial charge < -0.3 is 4.98 Å². The first kappa shape index (κ1) is 10.8. The summed E-state index contributed by atoms with van der Waals surface area (Å²) in [7, 11) is 0. The molecule has 1 aromatic heterocycles. The summed E-state index contributed by atoms with van der Waals surface area (Å²) in [5.74, 6) is 0. The molecule has 0 radical (unpaired) electrons. The van der Waals surface area contributed by atoms with Crippen molar-refractivity contribution >= 4 is 11.4 Å². The second-order valence-electron chi connectivity index (χ2n) is 1.53. The van der Waals surface area contributed by atoms with Crippen molar-refractivity contribution < 1.29 is 13.3 Å². The van der Waals surface area contributed by atoms with Crippen molar-refractivity contribution in [3.05, 3.63) is 33.1 Å². The number of hydrogen-bond donors (Lipinski definition) is 4. The van der Waals surface area contributed by atoms with Crippen LogP contribution in [0.1, 0.15) is 0 Å². The Balaban J connectivity index is 0.000000261. The Morgan fingerprint density at radius 2 is 1.83 bits per heavy atom. The maximum Gasteiger partial charge on any atom is 0.325 e. The predicted octanol–water partition coefficient (Wildman–Crippen LogP) is -1.26. The van der Waals surface area contributed by atoms with E-state index in [0.717, 1.165) is 0 Å². The van der Waals surface area contributed by atoms with Crippen LogP contribution in [0.15, 0.2) is 21.9 Å². The van der Waals surface area contributed by atoms with Crippen LogP contribution in [0.25, 0.3) is 0 Å². The van der Waals surface area contributed by atoms with Gasteiger partial charge in [-0.05, 0) is 0 Å². The normalized spacial score (nSPS) is 8.92. The van der Waals surface area contributed by atoms with Crippen LogP contribution in [0.5, 0.6) is 0 Å². The van der Waals surface area contributed by atoms with Crippen LogP contribution in [-0.2, 0) is 11.4 Å². The molecule has 0 aromatic carbocycles. The zero-order valence-electron chi connectivity index (χ0n) is 5.68. The molecule has 68 valence electrons. The molecule has 8 heteroatoms. The molecule has 1 aromatic rings. The quantitative estimate of drug-likeness (QED) is 0.384. The molecule has 7 nitrogen and oxygen atoms in total. The van der Waals surface area contributed by atoms with Crippen LogP contribution in [0.4, 0.5) is 0 Å². The molecule has 0 bridgehead atoms. The topological polar surface area (TPSA) is 123 Å². The van der Waals surface area contributed by atoms with Gasteiger partial charge in [0, 0.05) is 12.3 Å². The predicted molar refractivity (Wildman–Crippen MR) is 41.1 cm³/mol. The molecule has 0 saturated heterocycles. The summed E-state index contributed by atoms with van der Waals surface area (Å²) < 4.78 is 22.8. The van der Waals surface area contributed by atoms with E-state index in [-0.39, 0.29) is 5.56 Å². The number of H-pyrrole nitrogens is 2. The van der Waals surface area contributed by atoms with Crippen molar-refractivity contribution in [2.24, 2.45) is 0 Å². The average Bonchev–Trinajstić information content (AvgIpc) is 1.84. The maximum atomic E-state index is 10.2. The Kier molecular flexibility index (Phi) is 4.84. The fourth-order valence-corrected chi connectivity index (χ4v) is 0.383. The standard InChI is InChI=1S/C4H4N2O2.H2O3S/c7-3-1-2-5-4(8)6-3;1-4(2)3/h1-2H,(H2,5,6,7,8);(H2,1,2,3). The number of rotatable bonds is 0. The molecule has 0 aliphatic carbocycles. The summed E-state index contributed by atoms with van der Waals surface area (Å²) in [6.07, 6.45) is 1.29. The van der Waals surface area contributed by atoms with E-state index in [1.54, 1.807) is 0 Å². The molecular formula is C4H6N2O5S. The smallest absolute Gasteiger partial charge is 0.314 e. The van der Waals surface area contributed by atoms with Crippen LogP contribution in [0.3, 0.4) is 0 Å². The first-order chi connectivity index (χ1) is 5.52. The zero-order valence-corrected chi connectivity index (χ0v) is 6.50. The average molecular weight is 194 g/mol. The molecule has 12 heavy (non-hydrogen) atoms. The number of aromatic nitrogens is 2. The number of aromatic amines is 2. The SMILES string of the molecule is O=S(O)O.O=c1cc[nH]c(=O)[nH]1. The van der Waals surface area contributed by atoms with Gasteiger partial charge >= 0.3 is 5.69 Å². The molecule has 0 saturated carbocycles. The van der Waals surface area contributed by atoms with Gasteiger partial charge in [0.2, 0.25) is 0 Å². The molecule has 0 aliphatic heterocycles. The number of hydrogen-bond acceptors (Lipinski definition) is 3. The monoisotopic (exact) mass is 194 g/mol. The molecule has 0 atom stereocenters. The maximum absolute atomic E-state index is 10.2. The number of nitrogens with one attached hydrogen (secondary N) is 2. The highest BCUT2D eigenvalue weighted by Crippen LogP contribution is 1.51. The summed E-state index contributed by atoms with van der Waals surface area (Å²) in [5, 5.41) is 0. The third kappa shape index (κ3) is 6.86. The Bertz CT molecular complexity index is 325. The van der Waals surface area contributed by atoms with Gasteiger partial charge in [-0.15, -0.1) is 0 Å². The first-order valence-electron chi connectivity index (χ1n) is 2.60. The van der Waals surface area contributed by atoms with E-state index in [9.17, 15) is 9.59 Å². The molecule has 0 amide bonds. The summed E-state index contributed by atoms with van der Waals surface area (Å²) >= 11 is -2.61. The largest absolute Gasteiger partial charge is 0.325 e. The van der Waals surface area contributed by atoms with E-state index < -0.39 is 17.1 Å². The van der Waals surface area contributed by atoms with E-state index in [1.807, 2.05) is 4.98 Å². The second kappa shape index (κ2) is 5.41.